The summed E-state index contributed by atoms with van der Waals surface area (Å²) in [7, 11) is 0. The fourth-order valence-electron chi connectivity index (χ4n) is 3.12. The highest BCUT2D eigenvalue weighted by molar-refractivity contribution is 6.02. The fraction of sp³-hybridized carbons (Fsp3) is 0.609. The predicted octanol–water partition coefficient (Wildman–Crippen LogP) is 3.18. The number of alkyl carbamates (subject to hydrolysis) is 2. The van der Waals surface area contributed by atoms with Gasteiger partial charge in [0.25, 0.3) is 0 Å². The molecule has 0 unspecified atom stereocenters. The molecule has 1 aliphatic rings. The van der Waals surface area contributed by atoms with Crippen molar-refractivity contribution in [2.24, 2.45) is 4.99 Å². The van der Waals surface area contributed by atoms with Crippen LogP contribution in [0.3, 0.4) is 0 Å². The summed E-state index contributed by atoms with van der Waals surface area (Å²) in [5, 5.41) is 4.86. The third kappa shape index (κ3) is 9.63. The fourth-order valence-corrected chi connectivity index (χ4v) is 3.12. The molecule has 2 N–H and O–H groups in total. The van der Waals surface area contributed by atoms with Gasteiger partial charge in [-0.1, -0.05) is 0 Å². The largest absolute Gasteiger partial charge is 0.444 e. The molecular formula is C23H36N6O5. The van der Waals surface area contributed by atoms with Crippen molar-refractivity contribution >= 4 is 35.6 Å². The molecule has 0 atom stereocenters. The number of carbonyl (C=O) groups excluding carboxylic acids is 3. The summed E-state index contributed by atoms with van der Waals surface area (Å²) in [6.07, 6.45) is 0.974. The maximum absolute atomic E-state index is 12.2. The lowest BCUT2D eigenvalue weighted by atomic mass is 10.2. The minimum atomic E-state index is -0.779. The normalized spacial score (nSPS) is 14.6. The highest BCUT2D eigenvalue weighted by Gasteiger charge is 2.22. The quantitative estimate of drug-likeness (QED) is 0.496. The topological polar surface area (TPSA) is 125 Å². The average molecular weight is 477 g/mol. The molecule has 0 aromatic carbocycles. The first kappa shape index (κ1) is 26.9. The van der Waals surface area contributed by atoms with E-state index in [0.717, 1.165) is 25.2 Å². The molecule has 11 heteroatoms. The van der Waals surface area contributed by atoms with Gasteiger partial charge in [-0.2, -0.15) is 4.99 Å². The first-order valence-corrected chi connectivity index (χ1v) is 11.3. The summed E-state index contributed by atoms with van der Waals surface area (Å²) in [6, 6.07) is 3.53. The number of amides is 3. The number of carbonyl (C=O) groups is 3. The van der Waals surface area contributed by atoms with Gasteiger partial charge in [-0.3, -0.25) is 15.4 Å². The lowest BCUT2D eigenvalue weighted by molar-refractivity contribution is -0.128. The first-order valence-electron chi connectivity index (χ1n) is 11.3. The highest BCUT2D eigenvalue weighted by atomic mass is 16.6. The molecule has 0 saturated carbocycles. The number of guanidine groups is 1. The van der Waals surface area contributed by atoms with E-state index in [0.29, 0.717) is 13.1 Å². The SMILES string of the molecule is CC(=O)N1CCCN(c2ccc(N=C(NC(=O)OC(C)(C)C)NC(=O)OC(C)(C)C)nc2)CC1. The second-order valence-corrected chi connectivity index (χ2v) is 9.94. The second kappa shape index (κ2) is 11.2. The van der Waals surface area contributed by atoms with Crippen LogP contribution in [0.25, 0.3) is 0 Å². The van der Waals surface area contributed by atoms with Gasteiger partial charge in [0.05, 0.1) is 11.9 Å². The summed E-state index contributed by atoms with van der Waals surface area (Å²) in [4.78, 5) is 48.7. The molecule has 2 rings (SSSR count). The average Bonchev–Trinajstić information content (AvgIpc) is 2.92. The third-order valence-corrected chi connectivity index (χ3v) is 4.50. The number of pyridine rings is 1. The zero-order valence-corrected chi connectivity index (χ0v) is 21.1. The van der Waals surface area contributed by atoms with Gasteiger partial charge in [-0.25, -0.2) is 14.6 Å². The molecule has 0 bridgehead atoms. The number of aliphatic imine (C=N–C) groups is 1. The molecule has 1 aromatic heterocycles. The van der Waals surface area contributed by atoms with Crippen LogP contribution in [0.5, 0.6) is 0 Å². The molecule has 0 radical (unpaired) electrons. The Kier molecular flexibility index (Phi) is 8.83. The monoisotopic (exact) mass is 476 g/mol. The predicted molar refractivity (Wildman–Crippen MR) is 129 cm³/mol. The maximum Gasteiger partial charge on any atom is 0.414 e. The molecule has 0 spiro atoms. The van der Waals surface area contributed by atoms with E-state index >= 15 is 0 Å². The van der Waals surface area contributed by atoms with Crippen LogP contribution in [0.15, 0.2) is 23.3 Å². The van der Waals surface area contributed by atoms with Gasteiger partial charge < -0.3 is 19.3 Å². The van der Waals surface area contributed by atoms with Crippen LogP contribution in [0.2, 0.25) is 0 Å². The highest BCUT2D eigenvalue weighted by Crippen LogP contribution is 2.19. The molecule has 2 heterocycles. The van der Waals surface area contributed by atoms with Crippen LogP contribution in [0.1, 0.15) is 54.9 Å². The standard InChI is InChI=1S/C23H36N6O5/c1-16(30)28-11-8-12-29(14-13-28)17-9-10-18(24-15-17)25-19(26-20(31)33-22(2,3)4)27-21(32)34-23(5,6)7/h9-10,15H,8,11-14H2,1-7H3,(H2,24,25,26,27,31,32). The minimum absolute atomic E-state index is 0.0761. The molecule has 3 amide bonds. The molecule has 1 fully saturated rings. The van der Waals surface area contributed by atoms with Crippen molar-refractivity contribution in [2.75, 3.05) is 31.1 Å². The van der Waals surface area contributed by atoms with Crippen LogP contribution < -0.4 is 15.5 Å². The van der Waals surface area contributed by atoms with Crippen LogP contribution in [0, 0.1) is 0 Å². The summed E-state index contributed by atoms with van der Waals surface area (Å²) in [5.41, 5.74) is -0.566. The number of hydrogen-bond donors (Lipinski definition) is 2. The Labute approximate surface area is 200 Å². The molecule has 11 nitrogen and oxygen atoms in total. The molecule has 1 aromatic rings. The van der Waals surface area contributed by atoms with E-state index in [1.165, 1.54) is 0 Å². The summed E-state index contributed by atoms with van der Waals surface area (Å²) in [5.74, 6) is 0.175. The Balaban J connectivity index is 2.16. The number of rotatable bonds is 2. The Morgan fingerprint density at radius 3 is 1.97 bits per heavy atom. The molecule has 1 saturated heterocycles. The van der Waals surface area contributed by atoms with Crippen molar-refractivity contribution in [3.8, 4) is 0 Å². The van der Waals surface area contributed by atoms with Crippen molar-refractivity contribution in [3.63, 3.8) is 0 Å². The Morgan fingerprint density at radius 1 is 0.912 bits per heavy atom. The second-order valence-electron chi connectivity index (χ2n) is 9.94. The lowest BCUT2D eigenvalue weighted by Crippen LogP contribution is -2.47. The van der Waals surface area contributed by atoms with Crippen molar-refractivity contribution in [2.45, 2.75) is 66.1 Å². The minimum Gasteiger partial charge on any atom is -0.444 e. The zero-order valence-electron chi connectivity index (χ0n) is 21.1. The van der Waals surface area contributed by atoms with Crippen LogP contribution >= 0.6 is 0 Å². The van der Waals surface area contributed by atoms with E-state index < -0.39 is 23.4 Å². The number of ether oxygens (including phenoxy) is 2. The van der Waals surface area contributed by atoms with Gasteiger partial charge in [-0.05, 0) is 60.1 Å². The summed E-state index contributed by atoms with van der Waals surface area (Å²) >= 11 is 0. The Morgan fingerprint density at radius 2 is 1.50 bits per heavy atom. The van der Waals surface area contributed by atoms with Crippen molar-refractivity contribution in [3.05, 3.63) is 18.3 Å². The number of hydrogen-bond acceptors (Lipinski definition) is 8. The van der Waals surface area contributed by atoms with Gasteiger partial charge in [-0.15, -0.1) is 0 Å². The van der Waals surface area contributed by atoms with Gasteiger partial charge in [0.15, 0.2) is 5.82 Å². The van der Waals surface area contributed by atoms with E-state index in [2.05, 4.69) is 25.5 Å². The lowest BCUT2D eigenvalue weighted by Gasteiger charge is -2.23. The first-order chi connectivity index (χ1) is 15.7. The van der Waals surface area contributed by atoms with Crippen LogP contribution in [-0.4, -0.2) is 71.3 Å². The van der Waals surface area contributed by atoms with Gasteiger partial charge in [0.1, 0.15) is 11.2 Å². The molecule has 1 aliphatic heterocycles. The van der Waals surface area contributed by atoms with Gasteiger partial charge >= 0.3 is 12.2 Å². The van der Waals surface area contributed by atoms with E-state index in [1.807, 2.05) is 11.0 Å². The smallest absolute Gasteiger partial charge is 0.414 e. The Bertz CT molecular complexity index is 870. The Hall–Kier alpha value is -3.37. The summed E-state index contributed by atoms with van der Waals surface area (Å²) < 4.78 is 10.5. The van der Waals surface area contributed by atoms with Gasteiger partial charge in [0, 0.05) is 33.1 Å². The number of aromatic nitrogens is 1. The van der Waals surface area contributed by atoms with Crippen LogP contribution in [-0.2, 0) is 14.3 Å². The van der Waals surface area contributed by atoms with E-state index in [4.69, 9.17) is 9.47 Å². The van der Waals surface area contributed by atoms with Crippen molar-refractivity contribution in [1.29, 1.82) is 0 Å². The van der Waals surface area contributed by atoms with Crippen molar-refractivity contribution < 1.29 is 23.9 Å². The number of anilines is 1. The van der Waals surface area contributed by atoms with E-state index in [9.17, 15) is 14.4 Å². The van der Waals surface area contributed by atoms with E-state index in [1.54, 1.807) is 60.7 Å². The third-order valence-electron chi connectivity index (χ3n) is 4.50. The van der Waals surface area contributed by atoms with Crippen molar-refractivity contribution in [1.82, 2.24) is 20.5 Å². The molecule has 0 aliphatic carbocycles. The molecular weight excluding hydrogens is 440 g/mol. The maximum atomic E-state index is 12.2. The zero-order chi connectivity index (χ0) is 25.5. The van der Waals surface area contributed by atoms with Crippen LogP contribution in [0.4, 0.5) is 21.1 Å². The number of nitrogens with one attached hydrogen (secondary N) is 2. The van der Waals surface area contributed by atoms with Gasteiger partial charge in [0.2, 0.25) is 11.9 Å². The summed E-state index contributed by atoms with van der Waals surface area (Å²) in [6.45, 7) is 14.8. The van der Waals surface area contributed by atoms with E-state index in [-0.39, 0.29) is 17.7 Å². The molecule has 188 valence electrons. The molecule has 34 heavy (non-hydrogen) atoms. The number of nitrogens with zero attached hydrogens (tertiary/aromatic N) is 4.